The Morgan fingerprint density at radius 1 is 0.826 bits per heavy atom. The number of nitrogens with zero attached hydrogens (tertiary/aromatic N) is 3. The van der Waals surface area contributed by atoms with Crippen molar-refractivity contribution in [2.75, 3.05) is 26.2 Å². The first-order valence-electron chi connectivity index (χ1n) is 8.27. The molecule has 2 heterocycles. The minimum absolute atomic E-state index is 1.03. The third-order valence-corrected chi connectivity index (χ3v) is 4.62. The SMILES string of the molecule is c1ccc(CN2CCN(Cc3ccc4[nH]ncc4c3)CC2)cc1. The zero-order valence-electron chi connectivity index (χ0n) is 13.3. The number of hydrogen-bond acceptors (Lipinski definition) is 3. The Labute approximate surface area is 136 Å². The van der Waals surface area contributed by atoms with E-state index in [1.54, 1.807) is 0 Å². The second kappa shape index (κ2) is 6.52. The highest BCUT2D eigenvalue weighted by Crippen LogP contribution is 2.16. The smallest absolute Gasteiger partial charge is 0.0650 e. The molecule has 0 amide bonds. The maximum Gasteiger partial charge on any atom is 0.0650 e. The Morgan fingerprint density at radius 3 is 2.26 bits per heavy atom. The van der Waals surface area contributed by atoms with Gasteiger partial charge >= 0.3 is 0 Å². The second-order valence-corrected chi connectivity index (χ2v) is 6.33. The highest BCUT2D eigenvalue weighted by atomic mass is 15.3. The lowest BCUT2D eigenvalue weighted by atomic mass is 10.1. The van der Waals surface area contributed by atoms with Gasteiger partial charge in [0.05, 0.1) is 11.7 Å². The first-order chi connectivity index (χ1) is 11.4. The van der Waals surface area contributed by atoms with Crippen molar-refractivity contribution >= 4 is 10.9 Å². The van der Waals surface area contributed by atoms with Crippen LogP contribution in [0, 0.1) is 0 Å². The lowest BCUT2D eigenvalue weighted by molar-refractivity contribution is 0.122. The molecule has 1 aliphatic rings. The lowest BCUT2D eigenvalue weighted by Gasteiger charge is -2.34. The van der Waals surface area contributed by atoms with Gasteiger partial charge in [0.15, 0.2) is 0 Å². The summed E-state index contributed by atoms with van der Waals surface area (Å²) in [5.41, 5.74) is 3.89. The van der Waals surface area contributed by atoms with Crippen LogP contribution in [0.3, 0.4) is 0 Å². The van der Waals surface area contributed by atoms with Gasteiger partial charge in [-0.3, -0.25) is 14.9 Å². The van der Waals surface area contributed by atoms with Crippen molar-refractivity contribution in [3.63, 3.8) is 0 Å². The summed E-state index contributed by atoms with van der Waals surface area (Å²) in [5.74, 6) is 0. The van der Waals surface area contributed by atoms with E-state index in [0.29, 0.717) is 0 Å². The quantitative estimate of drug-likeness (QED) is 0.805. The van der Waals surface area contributed by atoms with Crippen LogP contribution in [-0.4, -0.2) is 46.2 Å². The molecule has 1 saturated heterocycles. The second-order valence-electron chi connectivity index (χ2n) is 6.33. The van der Waals surface area contributed by atoms with E-state index in [4.69, 9.17) is 0 Å². The highest BCUT2D eigenvalue weighted by molar-refractivity contribution is 5.78. The molecule has 0 spiro atoms. The van der Waals surface area contributed by atoms with Crippen molar-refractivity contribution in [2.24, 2.45) is 0 Å². The zero-order chi connectivity index (χ0) is 15.5. The molecule has 1 aliphatic heterocycles. The number of hydrogen-bond donors (Lipinski definition) is 1. The first-order valence-corrected chi connectivity index (χ1v) is 8.27. The molecule has 1 fully saturated rings. The molecule has 118 valence electrons. The number of piperazine rings is 1. The third kappa shape index (κ3) is 3.44. The van der Waals surface area contributed by atoms with Crippen molar-refractivity contribution in [1.29, 1.82) is 0 Å². The molecule has 3 aromatic rings. The molecule has 4 heteroatoms. The van der Waals surface area contributed by atoms with Crippen LogP contribution >= 0.6 is 0 Å². The number of aromatic nitrogens is 2. The van der Waals surface area contributed by atoms with Gasteiger partial charge in [-0.2, -0.15) is 5.10 Å². The third-order valence-electron chi connectivity index (χ3n) is 4.62. The molecule has 1 aromatic heterocycles. The largest absolute Gasteiger partial charge is 0.297 e. The summed E-state index contributed by atoms with van der Waals surface area (Å²) < 4.78 is 0. The molecule has 0 radical (unpaired) electrons. The molecule has 4 nitrogen and oxygen atoms in total. The molecule has 1 N–H and O–H groups in total. The van der Waals surface area contributed by atoms with Gasteiger partial charge in [0.2, 0.25) is 0 Å². The monoisotopic (exact) mass is 306 g/mol. The number of fused-ring (bicyclic) bond motifs is 1. The molecule has 23 heavy (non-hydrogen) atoms. The van der Waals surface area contributed by atoms with Crippen LogP contribution < -0.4 is 0 Å². The molecule has 2 aromatic carbocycles. The maximum atomic E-state index is 4.09. The van der Waals surface area contributed by atoms with Gasteiger partial charge in [0.1, 0.15) is 0 Å². The predicted molar refractivity (Wildman–Crippen MR) is 93.1 cm³/mol. The summed E-state index contributed by atoms with van der Waals surface area (Å²) >= 11 is 0. The Morgan fingerprint density at radius 2 is 1.52 bits per heavy atom. The van der Waals surface area contributed by atoms with E-state index in [2.05, 4.69) is 68.5 Å². The standard InChI is InChI=1S/C19H22N4/c1-2-4-16(5-3-1)14-22-8-10-23(11-9-22)15-17-6-7-19-18(12-17)13-20-21-19/h1-7,12-13H,8-11,14-15H2,(H,20,21). The van der Waals surface area contributed by atoms with Gasteiger partial charge in [-0.25, -0.2) is 0 Å². The topological polar surface area (TPSA) is 35.2 Å². The van der Waals surface area contributed by atoms with E-state index >= 15 is 0 Å². The zero-order valence-corrected chi connectivity index (χ0v) is 13.3. The van der Waals surface area contributed by atoms with Gasteiger partial charge in [0.25, 0.3) is 0 Å². The van der Waals surface area contributed by atoms with Gasteiger partial charge in [-0.1, -0.05) is 36.4 Å². The molecule has 4 rings (SSSR count). The van der Waals surface area contributed by atoms with Crippen molar-refractivity contribution in [2.45, 2.75) is 13.1 Å². The van der Waals surface area contributed by atoms with Crippen molar-refractivity contribution in [3.05, 3.63) is 65.9 Å². The summed E-state index contributed by atoms with van der Waals surface area (Å²) in [6.07, 6.45) is 1.90. The number of benzene rings is 2. The minimum atomic E-state index is 1.03. The van der Waals surface area contributed by atoms with Crippen molar-refractivity contribution in [3.8, 4) is 0 Å². The Balaban J connectivity index is 1.32. The fourth-order valence-corrected chi connectivity index (χ4v) is 3.30. The molecule has 0 aliphatic carbocycles. The van der Waals surface area contributed by atoms with Crippen LogP contribution in [0.25, 0.3) is 10.9 Å². The number of aromatic amines is 1. The Bertz CT molecular complexity index is 757. The first kappa shape index (κ1) is 14.4. The lowest BCUT2D eigenvalue weighted by Crippen LogP contribution is -2.45. The van der Waals surface area contributed by atoms with Crippen LogP contribution in [0.2, 0.25) is 0 Å². The molecule has 0 bridgehead atoms. The summed E-state index contributed by atoms with van der Waals surface area (Å²) in [5, 5.41) is 8.30. The van der Waals surface area contributed by atoms with E-state index in [-0.39, 0.29) is 0 Å². The van der Waals surface area contributed by atoms with Crippen molar-refractivity contribution in [1.82, 2.24) is 20.0 Å². The fraction of sp³-hybridized carbons (Fsp3) is 0.316. The van der Waals surface area contributed by atoms with E-state index < -0.39 is 0 Å². The van der Waals surface area contributed by atoms with Gasteiger partial charge in [-0.05, 0) is 23.3 Å². The van der Waals surface area contributed by atoms with E-state index in [0.717, 1.165) is 44.8 Å². The van der Waals surface area contributed by atoms with Gasteiger partial charge in [-0.15, -0.1) is 0 Å². The predicted octanol–water partition coefficient (Wildman–Crippen LogP) is 2.88. The van der Waals surface area contributed by atoms with Crippen LogP contribution in [0.1, 0.15) is 11.1 Å². The fourth-order valence-electron chi connectivity index (χ4n) is 3.30. The maximum absolute atomic E-state index is 4.09. The molecular weight excluding hydrogens is 284 g/mol. The number of nitrogens with one attached hydrogen (secondary N) is 1. The summed E-state index contributed by atoms with van der Waals surface area (Å²) in [7, 11) is 0. The van der Waals surface area contributed by atoms with E-state index in [1.165, 1.54) is 16.5 Å². The average molecular weight is 306 g/mol. The molecule has 0 atom stereocenters. The van der Waals surface area contributed by atoms with Gasteiger partial charge < -0.3 is 0 Å². The minimum Gasteiger partial charge on any atom is -0.297 e. The molecule has 0 saturated carbocycles. The average Bonchev–Trinajstić information content (AvgIpc) is 3.05. The summed E-state index contributed by atoms with van der Waals surface area (Å²) in [6, 6.07) is 17.3. The normalized spacial score (nSPS) is 16.9. The Kier molecular flexibility index (Phi) is 4.09. The molecular formula is C19H22N4. The number of H-pyrrole nitrogens is 1. The van der Waals surface area contributed by atoms with Crippen LogP contribution in [0.15, 0.2) is 54.7 Å². The highest BCUT2D eigenvalue weighted by Gasteiger charge is 2.17. The Hall–Kier alpha value is -2.17. The van der Waals surface area contributed by atoms with Crippen LogP contribution in [0.4, 0.5) is 0 Å². The summed E-state index contributed by atoms with van der Waals surface area (Å²) in [4.78, 5) is 5.09. The van der Waals surface area contributed by atoms with E-state index in [9.17, 15) is 0 Å². The number of rotatable bonds is 4. The summed E-state index contributed by atoms with van der Waals surface area (Å²) in [6.45, 7) is 6.65. The van der Waals surface area contributed by atoms with Crippen LogP contribution in [0.5, 0.6) is 0 Å². The van der Waals surface area contributed by atoms with Crippen molar-refractivity contribution < 1.29 is 0 Å². The van der Waals surface area contributed by atoms with Crippen LogP contribution in [-0.2, 0) is 13.1 Å². The molecule has 0 unspecified atom stereocenters. The van der Waals surface area contributed by atoms with Gasteiger partial charge in [0, 0.05) is 44.7 Å². The van der Waals surface area contributed by atoms with E-state index in [1.807, 2.05) is 6.20 Å².